The van der Waals surface area contributed by atoms with E-state index >= 15 is 0 Å². The molecule has 1 aromatic heterocycles. The van der Waals surface area contributed by atoms with Crippen molar-refractivity contribution in [2.75, 3.05) is 33.3 Å². The lowest BCUT2D eigenvalue weighted by atomic mass is 10.1. The van der Waals surface area contributed by atoms with E-state index in [0.717, 1.165) is 44.9 Å². The summed E-state index contributed by atoms with van der Waals surface area (Å²) in [6.45, 7) is 9.09. The summed E-state index contributed by atoms with van der Waals surface area (Å²) in [6, 6.07) is 0.149. The van der Waals surface area contributed by atoms with Crippen molar-refractivity contribution in [3.8, 4) is 0 Å². The van der Waals surface area contributed by atoms with E-state index in [9.17, 15) is 0 Å². The monoisotopic (exact) mass is 267 g/mol. The van der Waals surface area contributed by atoms with E-state index in [1.165, 1.54) is 0 Å². The van der Waals surface area contributed by atoms with Gasteiger partial charge in [0, 0.05) is 19.6 Å². The molecule has 1 fully saturated rings. The summed E-state index contributed by atoms with van der Waals surface area (Å²) in [5, 5.41) is 11.6. The zero-order valence-electron chi connectivity index (χ0n) is 12.2. The highest BCUT2D eigenvalue weighted by Crippen LogP contribution is 2.21. The van der Waals surface area contributed by atoms with Gasteiger partial charge < -0.3 is 10.1 Å². The molecule has 2 heterocycles. The van der Waals surface area contributed by atoms with Crippen LogP contribution >= 0.6 is 0 Å². The van der Waals surface area contributed by atoms with Crippen LogP contribution in [0.25, 0.3) is 0 Å². The molecule has 1 aromatic rings. The topological polar surface area (TPSA) is 55.2 Å². The summed E-state index contributed by atoms with van der Waals surface area (Å²) >= 11 is 0. The van der Waals surface area contributed by atoms with Crippen LogP contribution in [0.15, 0.2) is 6.20 Å². The van der Waals surface area contributed by atoms with Gasteiger partial charge in [-0.05, 0) is 20.0 Å². The van der Waals surface area contributed by atoms with Gasteiger partial charge in [0.25, 0.3) is 0 Å². The van der Waals surface area contributed by atoms with Gasteiger partial charge in [-0.25, -0.2) is 4.68 Å². The molecule has 0 amide bonds. The first kappa shape index (κ1) is 14.4. The van der Waals surface area contributed by atoms with Crippen molar-refractivity contribution in [2.24, 2.45) is 0 Å². The van der Waals surface area contributed by atoms with Gasteiger partial charge in [0.2, 0.25) is 0 Å². The average Bonchev–Trinajstić information content (AvgIpc) is 2.89. The maximum atomic E-state index is 5.95. The van der Waals surface area contributed by atoms with Crippen LogP contribution in [0.4, 0.5) is 0 Å². The van der Waals surface area contributed by atoms with Crippen LogP contribution < -0.4 is 5.32 Å². The molecule has 1 aliphatic heterocycles. The smallest absolute Gasteiger partial charge is 0.0912 e. The summed E-state index contributed by atoms with van der Waals surface area (Å²) in [6.07, 6.45) is 3.07. The largest absolute Gasteiger partial charge is 0.374 e. The Morgan fingerprint density at radius 3 is 3.05 bits per heavy atom. The van der Waals surface area contributed by atoms with E-state index in [0.29, 0.717) is 0 Å². The van der Waals surface area contributed by atoms with E-state index in [-0.39, 0.29) is 12.1 Å². The summed E-state index contributed by atoms with van der Waals surface area (Å²) in [4.78, 5) is 2.42. The lowest BCUT2D eigenvalue weighted by Crippen LogP contribution is -2.48. The Kier molecular flexibility index (Phi) is 5.30. The average molecular weight is 267 g/mol. The predicted octanol–water partition coefficient (Wildman–Crippen LogP) is 0.669. The number of hydrogen-bond donors (Lipinski definition) is 1. The molecule has 0 radical (unpaired) electrons. The molecular weight excluding hydrogens is 242 g/mol. The number of nitrogens with zero attached hydrogens (tertiary/aromatic N) is 4. The second-order valence-corrected chi connectivity index (χ2v) is 4.95. The third kappa shape index (κ3) is 3.32. The Balaban J connectivity index is 2.12. The second-order valence-electron chi connectivity index (χ2n) is 4.95. The van der Waals surface area contributed by atoms with Gasteiger partial charge in [0.05, 0.1) is 30.6 Å². The second kappa shape index (κ2) is 6.98. The number of morpholine rings is 1. The lowest BCUT2D eigenvalue weighted by molar-refractivity contribution is -0.0457. The zero-order valence-corrected chi connectivity index (χ0v) is 12.2. The number of likely N-dealkylation sites (N-methyl/N-ethyl adjacent to an activating group) is 2. The molecular formula is C13H25N5O. The van der Waals surface area contributed by atoms with Crippen molar-refractivity contribution in [3.05, 3.63) is 11.9 Å². The van der Waals surface area contributed by atoms with Gasteiger partial charge in [-0.1, -0.05) is 19.1 Å². The van der Waals surface area contributed by atoms with Gasteiger partial charge in [-0.3, -0.25) is 4.90 Å². The van der Waals surface area contributed by atoms with Gasteiger partial charge in [0.15, 0.2) is 0 Å². The highest BCUT2D eigenvalue weighted by molar-refractivity contribution is 5.06. The SMILES string of the molecule is CCCn1nncc1C(NC)C1CN(CC)CCO1. The molecule has 0 saturated carbocycles. The molecule has 2 atom stereocenters. The fraction of sp³-hybridized carbons (Fsp3) is 0.846. The number of aromatic nitrogens is 3. The predicted molar refractivity (Wildman–Crippen MR) is 74.0 cm³/mol. The fourth-order valence-electron chi connectivity index (χ4n) is 2.64. The first-order valence-corrected chi connectivity index (χ1v) is 7.19. The molecule has 6 nitrogen and oxygen atoms in total. The van der Waals surface area contributed by atoms with Gasteiger partial charge >= 0.3 is 0 Å². The lowest BCUT2D eigenvalue weighted by Gasteiger charge is -2.36. The molecule has 1 aliphatic rings. The van der Waals surface area contributed by atoms with E-state index < -0.39 is 0 Å². The third-order valence-electron chi connectivity index (χ3n) is 3.71. The van der Waals surface area contributed by atoms with E-state index in [4.69, 9.17) is 4.74 Å². The Bertz CT molecular complexity index is 381. The highest BCUT2D eigenvalue weighted by Gasteiger charge is 2.30. The van der Waals surface area contributed by atoms with Crippen LogP contribution in [-0.4, -0.2) is 59.3 Å². The molecule has 6 heteroatoms. The van der Waals surface area contributed by atoms with Crippen LogP contribution in [-0.2, 0) is 11.3 Å². The van der Waals surface area contributed by atoms with Crippen LogP contribution in [0.5, 0.6) is 0 Å². The molecule has 1 N–H and O–H groups in total. The maximum absolute atomic E-state index is 5.95. The minimum Gasteiger partial charge on any atom is -0.374 e. The van der Waals surface area contributed by atoms with Crippen LogP contribution in [0, 0.1) is 0 Å². The van der Waals surface area contributed by atoms with Crippen molar-refractivity contribution in [2.45, 2.75) is 39.0 Å². The van der Waals surface area contributed by atoms with Gasteiger partial charge in [0.1, 0.15) is 0 Å². The molecule has 0 bridgehead atoms. The van der Waals surface area contributed by atoms with Crippen molar-refractivity contribution in [1.82, 2.24) is 25.2 Å². The minimum absolute atomic E-state index is 0.149. The molecule has 0 aliphatic carbocycles. The molecule has 19 heavy (non-hydrogen) atoms. The summed E-state index contributed by atoms with van der Waals surface area (Å²) in [5.74, 6) is 0. The van der Waals surface area contributed by atoms with Crippen molar-refractivity contribution < 1.29 is 4.74 Å². The summed E-state index contributed by atoms with van der Waals surface area (Å²) < 4.78 is 7.93. The molecule has 108 valence electrons. The first-order chi connectivity index (χ1) is 9.30. The zero-order chi connectivity index (χ0) is 13.7. The van der Waals surface area contributed by atoms with Crippen LogP contribution in [0.3, 0.4) is 0 Å². The number of nitrogens with one attached hydrogen (secondary N) is 1. The molecule has 2 rings (SSSR count). The Morgan fingerprint density at radius 2 is 2.37 bits per heavy atom. The number of ether oxygens (including phenoxy) is 1. The Hall–Kier alpha value is -0.980. The van der Waals surface area contributed by atoms with E-state index in [1.807, 2.05) is 17.9 Å². The normalized spacial score (nSPS) is 22.6. The summed E-state index contributed by atoms with van der Waals surface area (Å²) in [5.41, 5.74) is 1.12. The van der Waals surface area contributed by atoms with Crippen molar-refractivity contribution >= 4 is 0 Å². The fourth-order valence-corrected chi connectivity index (χ4v) is 2.64. The first-order valence-electron chi connectivity index (χ1n) is 7.19. The molecule has 0 spiro atoms. The van der Waals surface area contributed by atoms with Crippen molar-refractivity contribution in [1.29, 1.82) is 0 Å². The van der Waals surface area contributed by atoms with Crippen LogP contribution in [0.2, 0.25) is 0 Å². The maximum Gasteiger partial charge on any atom is 0.0912 e. The van der Waals surface area contributed by atoms with Crippen molar-refractivity contribution in [3.63, 3.8) is 0 Å². The number of hydrogen-bond acceptors (Lipinski definition) is 5. The van der Waals surface area contributed by atoms with E-state index in [1.54, 1.807) is 0 Å². The standard InChI is InChI=1S/C13H25N5O/c1-4-6-18-11(9-15-16-18)13(14-3)12-10-17(5-2)7-8-19-12/h9,12-14H,4-8,10H2,1-3H3. The highest BCUT2D eigenvalue weighted by atomic mass is 16.5. The van der Waals surface area contributed by atoms with E-state index in [2.05, 4.69) is 34.4 Å². The van der Waals surface area contributed by atoms with Crippen LogP contribution in [0.1, 0.15) is 32.0 Å². The molecule has 2 unspecified atom stereocenters. The number of rotatable bonds is 6. The summed E-state index contributed by atoms with van der Waals surface area (Å²) in [7, 11) is 1.97. The Labute approximate surface area is 115 Å². The Morgan fingerprint density at radius 1 is 1.53 bits per heavy atom. The molecule has 1 saturated heterocycles. The minimum atomic E-state index is 0.149. The quantitative estimate of drug-likeness (QED) is 0.821. The van der Waals surface area contributed by atoms with Gasteiger partial charge in [-0.15, -0.1) is 5.10 Å². The number of aryl methyl sites for hydroxylation is 1. The van der Waals surface area contributed by atoms with Gasteiger partial charge in [-0.2, -0.15) is 0 Å². The molecule has 0 aromatic carbocycles. The third-order valence-corrected chi connectivity index (χ3v) is 3.71.